The summed E-state index contributed by atoms with van der Waals surface area (Å²) in [7, 11) is 0. The van der Waals surface area contributed by atoms with Crippen LogP contribution in [-0.2, 0) is 0 Å². The second-order valence-electron chi connectivity index (χ2n) is 5.65. The maximum atomic E-state index is 12.5. The first-order valence-corrected chi connectivity index (χ1v) is 8.86. The molecule has 0 bridgehead atoms. The molecule has 28 heavy (non-hydrogen) atoms. The van der Waals surface area contributed by atoms with E-state index in [1.165, 1.54) is 12.1 Å². The third-order valence-corrected chi connectivity index (χ3v) is 4.60. The highest BCUT2D eigenvalue weighted by molar-refractivity contribution is 7.99. The first-order valence-electron chi connectivity index (χ1n) is 8.05. The summed E-state index contributed by atoms with van der Waals surface area (Å²) in [6, 6.07) is 14.7. The Morgan fingerprint density at radius 1 is 1.29 bits per heavy atom. The number of hydrogen-bond acceptors (Lipinski definition) is 7. The van der Waals surface area contributed by atoms with Crippen molar-refractivity contribution in [2.45, 2.75) is 17.0 Å². The molecule has 0 aliphatic heterocycles. The number of aryl methyl sites for hydroxylation is 1. The average Bonchev–Trinajstić information content (AvgIpc) is 3.11. The summed E-state index contributed by atoms with van der Waals surface area (Å²) >= 11 is 1.05. The quantitative estimate of drug-likeness (QED) is 0.221. The van der Waals surface area contributed by atoms with Gasteiger partial charge in [0.1, 0.15) is 17.5 Å². The third-order valence-electron chi connectivity index (χ3n) is 3.67. The largest absolute Gasteiger partial charge is 0.288 e. The van der Waals surface area contributed by atoms with Crippen LogP contribution in [-0.4, -0.2) is 25.9 Å². The molecule has 1 N–H and O–H groups in total. The second kappa shape index (κ2) is 8.28. The van der Waals surface area contributed by atoms with E-state index in [0.29, 0.717) is 27.0 Å². The molecule has 0 atom stereocenters. The Bertz CT molecular complexity index is 1120. The molecule has 1 aromatic heterocycles. The van der Waals surface area contributed by atoms with Crippen LogP contribution in [0.15, 0.2) is 64.2 Å². The Morgan fingerprint density at radius 2 is 2.04 bits per heavy atom. The Kier molecular flexibility index (Phi) is 5.62. The monoisotopic (exact) mass is 391 g/mol. The summed E-state index contributed by atoms with van der Waals surface area (Å²) in [6.07, 6.45) is 1.34. The van der Waals surface area contributed by atoms with Crippen LogP contribution in [0.25, 0.3) is 6.08 Å². The minimum absolute atomic E-state index is 0.106. The van der Waals surface area contributed by atoms with Gasteiger partial charge in [-0.3, -0.25) is 20.0 Å². The first-order chi connectivity index (χ1) is 13.5. The van der Waals surface area contributed by atoms with Gasteiger partial charge in [0.05, 0.1) is 9.82 Å². The molecule has 3 aromatic rings. The van der Waals surface area contributed by atoms with Gasteiger partial charge < -0.3 is 0 Å². The van der Waals surface area contributed by atoms with Gasteiger partial charge >= 0.3 is 0 Å². The number of benzene rings is 2. The van der Waals surface area contributed by atoms with Crippen molar-refractivity contribution in [3.63, 3.8) is 0 Å². The maximum absolute atomic E-state index is 12.5. The lowest BCUT2D eigenvalue weighted by atomic mass is 10.0. The molecule has 0 aliphatic rings. The van der Waals surface area contributed by atoms with Crippen molar-refractivity contribution in [2.24, 2.45) is 0 Å². The molecule has 0 saturated heterocycles. The molecule has 1 heterocycles. The Labute approximate surface area is 164 Å². The molecule has 0 fully saturated rings. The molecule has 2 aromatic carbocycles. The van der Waals surface area contributed by atoms with Crippen molar-refractivity contribution in [3.05, 3.63) is 81.2 Å². The van der Waals surface area contributed by atoms with E-state index in [4.69, 9.17) is 0 Å². The molecule has 0 unspecified atom stereocenters. The van der Waals surface area contributed by atoms with Gasteiger partial charge in [-0.15, -0.1) is 5.10 Å². The Balaban J connectivity index is 1.94. The molecular weight excluding hydrogens is 378 g/mol. The van der Waals surface area contributed by atoms with E-state index in [2.05, 4.69) is 15.2 Å². The number of aromatic nitrogens is 3. The van der Waals surface area contributed by atoms with Crippen LogP contribution in [0, 0.1) is 28.4 Å². The van der Waals surface area contributed by atoms with E-state index in [1.54, 1.807) is 49.4 Å². The number of allylic oxidation sites excluding steroid dienone is 1. The van der Waals surface area contributed by atoms with Crippen molar-refractivity contribution < 1.29 is 9.72 Å². The Morgan fingerprint density at radius 3 is 2.64 bits per heavy atom. The highest BCUT2D eigenvalue weighted by atomic mass is 32.2. The molecule has 3 rings (SSSR count). The number of carbonyl (C=O) groups is 1. The first kappa shape index (κ1) is 19.0. The standard InChI is InChI=1S/C19H13N5O3S/c1-12-21-19(23-22-12)28-17-8-7-13(10-16(17)24(26)27)9-15(11-20)18(25)14-5-3-2-4-6-14/h2-10H,1H3,(H,21,22,23)/b15-9-. The number of rotatable bonds is 6. The molecular formula is C19H13N5O3S. The number of nitriles is 1. The van der Waals surface area contributed by atoms with Crippen LogP contribution < -0.4 is 0 Å². The van der Waals surface area contributed by atoms with Gasteiger partial charge in [-0.2, -0.15) is 5.26 Å². The lowest BCUT2D eigenvalue weighted by molar-refractivity contribution is -0.387. The molecule has 138 valence electrons. The van der Waals surface area contributed by atoms with Gasteiger partial charge in [0.25, 0.3) is 5.69 Å². The number of carbonyl (C=O) groups excluding carboxylic acids is 1. The van der Waals surface area contributed by atoms with Gasteiger partial charge in [0.15, 0.2) is 0 Å². The van der Waals surface area contributed by atoms with E-state index >= 15 is 0 Å². The van der Waals surface area contributed by atoms with Crippen LogP contribution in [0.5, 0.6) is 0 Å². The van der Waals surface area contributed by atoms with Crippen molar-refractivity contribution in [3.8, 4) is 6.07 Å². The van der Waals surface area contributed by atoms with Crippen LogP contribution >= 0.6 is 11.8 Å². The van der Waals surface area contributed by atoms with Gasteiger partial charge in [-0.05, 0) is 36.4 Å². The zero-order valence-electron chi connectivity index (χ0n) is 14.6. The fourth-order valence-electron chi connectivity index (χ4n) is 2.38. The summed E-state index contributed by atoms with van der Waals surface area (Å²) < 4.78 is 0. The molecule has 0 amide bonds. The number of nitrogens with zero attached hydrogens (tertiary/aromatic N) is 4. The normalized spacial score (nSPS) is 11.1. The molecule has 8 nitrogen and oxygen atoms in total. The average molecular weight is 391 g/mol. The van der Waals surface area contributed by atoms with Crippen molar-refractivity contribution >= 4 is 29.3 Å². The van der Waals surface area contributed by atoms with Crippen molar-refractivity contribution in [1.82, 2.24) is 15.2 Å². The fraction of sp³-hybridized carbons (Fsp3) is 0.0526. The van der Waals surface area contributed by atoms with Gasteiger partial charge in [-0.25, -0.2) is 4.98 Å². The summed E-state index contributed by atoms with van der Waals surface area (Å²) in [5.74, 6) is 0.156. The summed E-state index contributed by atoms with van der Waals surface area (Å²) in [6.45, 7) is 1.73. The highest BCUT2D eigenvalue weighted by Crippen LogP contribution is 2.34. The van der Waals surface area contributed by atoms with E-state index in [-0.39, 0.29) is 11.3 Å². The van der Waals surface area contributed by atoms with Crippen LogP contribution in [0.4, 0.5) is 5.69 Å². The molecule has 0 radical (unpaired) electrons. The van der Waals surface area contributed by atoms with Gasteiger partial charge in [0, 0.05) is 11.6 Å². The zero-order valence-corrected chi connectivity index (χ0v) is 15.4. The summed E-state index contributed by atoms with van der Waals surface area (Å²) in [4.78, 5) is 27.9. The lowest BCUT2D eigenvalue weighted by Crippen LogP contribution is -2.01. The number of hydrogen-bond donors (Lipinski definition) is 1. The Hall–Kier alpha value is -3.77. The number of ketones is 1. The fourth-order valence-corrected chi connectivity index (χ4v) is 3.22. The number of H-pyrrole nitrogens is 1. The van der Waals surface area contributed by atoms with Crippen molar-refractivity contribution in [1.29, 1.82) is 5.26 Å². The predicted octanol–water partition coefficient (Wildman–Crippen LogP) is 3.96. The van der Waals surface area contributed by atoms with Crippen molar-refractivity contribution in [2.75, 3.05) is 0 Å². The van der Waals surface area contributed by atoms with Gasteiger partial charge in [-0.1, -0.05) is 36.4 Å². The topological polar surface area (TPSA) is 126 Å². The smallest absolute Gasteiger partial charge is 0.283 e. The van der Waals surface area contributed by atoms with Crippen LogP contribution in [0.3, 0.4) is 0 Å². The lowest BCUT2D eigenvalue weighted by Gasteiger charge is -2.03. The SMILES string of the molecule is Cc1nc(Sc2ccc(/C=C(/C#N)C(=O)c3ccccc3)cc2[N+](=O)[O-])n[nH]1. The summed E-state index contributed by atoms with van der Waals surface area (Å²) in [5, 5.41) is 27.8. The third kappa shape index (κ3) is 4.31. The molecule has 0 saturated carbocycles. The van der Waals surface area contributed by atoms with E-state index in [1.807, 2.05) is 6.07 Å². The molecule has 0 spiro atoms. The van der Waals surface area contributed by atoms with Gasteiger partial charge in [0.2, 0.25) is 10.9 Å². The number of nitro benzene ring substituents is 1. The summed E-state index contributed by atoms with van der Waals surface area (Å²) in [5.41, 5.74) is 0.483. The zero-order chi connectivity index (χ0) is 20.1. The number of aromatic amines is 1. The predicted molar refractivity (Wildman–Crippen MR) is 103 cm³/mol. The highest BCUT2D eigenvalue weighted by Gasteiger charge is 2.18. The van der Waals surface area contributed by atoms with E-state index in [0.717, 1.165) is 11.8 Å². The minimum Gasteiger partial charge on any atom is -0.288 e. The number of nitrogens with one attached hydrogen (secondary N) is 1. The van der Waals surface area contributed by atoms with E-state index in [9.17, 15) is 20.2 Å². The number of nitro groups is 1. The second-order valence-corrected chi connectivity index (χ2v) is 6.66. The molecule has 0 aliphatic carbocycles. The van der Waals surface area contributed by atoms with Crippen LogP contribution in [0.1, 0.15) is 21.7 Å². The number of Topliss-reactive ketones (excluding diaryl/α,β-unsaturated/α-hetero) is 1. The van der Waals surface area contributed by atoms with Crippen LogP contribution in [0.2, 0.25) is 0 Å². The maximum Gasteiger partial charge on any atom is 0.283 e. The van der Waals surface area contributed by atoms with E-state index < -0.39 is 10.7 Å². The molecule has 9 heteroatoms. The minimum atomic E-state index is -0.524.